The fourth-order valence-corrected chi connectivity index (χ4v) is 1.95. The number of halogens is 1. The van der Waals surface area contributed by atoms with E-state index in [0.29, 0.717) is 11.6 Å². The molecule has 0 bridgehead atoms. The van der Waals surface area contributed by atoms with Crippen LogP contribution in [0.15, 0.2) is 48.8 Å². The molecule has 1 heterocycles. The molecular weight excluding hydrogens is 260 g/mol. The Kier molecular flexibility index (Phi) is 5.33. The van der Waals surface area contributed by atoms with Crippen LogP contribution in [0.25, 0.3) is 0 Å². The van der Waals surface area contributed by atoms with Gasteiger partial charge in [0.25, 0.3) is 0 Å². The quantitative estimate of drug-likeness (QED) is 0.797. The topological polar surface area (TPSA) is 45.1 Å². The average Bonchev–Trinajstić information content (AvgIpc) is 2.45. The number of benzene rings is 1. The van der Waals surface area contributed by atoms with E-state index in [1.165, 1.54) is 5.56 Å². The first-order valence-corrected chi connectivity index (χ1v) is 6.66. The molecule has 2 N–H and O–H groups in total. The maximum Gasteiger partial charge on any atom is 0.0914 e. The van der Waals surface area contributed by atoms with Crippen molar-refractivity contribution in [2.24, 2.45) is 0 Å². The van der Waals surface area contributed by atoms with Crippen LogP contribution in [0.2, 0.25) is 5.02 Å². The Labute approximate surface area is 118 Å². The molecule has 0 fully saturated rings. The molecule has 19 heavy (non-hydrogen) atoms. The van der Waals surface area contributed by atoms with Crippen LogP contribution >= 0.6 is 11.6 Å². The van der Waals surface area contributed by atoms with Crippen molar-refractivity contribution in [2.75, 3.05) is 13.1 Å². The van der Waals surface area contributed by atoms with Gasteiger partial charge in [-0.15, -0.1) is 0 Å². The first-order valence-electron chi connectivity index (χ1n) is 6.29. The van der Waals surface area contributed by atoms with Gasteiger partial charge in [-0.3, -0.25) is 4.98 Å². The summed E-state index contributed by atoms with van der Waals surface area (Å²) in [4.78, 5) is 3.98. The van der Waals surface area contributed by atoms with E-state index in [4.69, 9.17) is 11.6 Å². The van der Waals surface area contributed by atoms with Crippen LogP contribution < -0.4 is 5.32 Å². The first kappa shape index (κ1) is 14.0. The largest absolute Gasteiger partial charge is 0.387 e. The monoisotopic (exact) mass is 276 g/mol. The zero-order valence-electron chi connectivity index (χ0n) is 10.6. The van der Waals surface area contributed by atoms with Gasteiger partial charge in [0.2, 0.25) is 0 Å². The minimum absolute atomic E-state index is 0.505. The molecule has 0 aliphatic heterocycles. The van der Waals surface area contributed by atoms with Crippen molar-refractivity contribution in [3.63, 3.8) is 0 Å². The molecule has 4 heteroatoms. The molecule has 0 spiro atoms. The summed E-state index contributed by atoms with van der Waals surface area (Å²) in [5.74, 6) is 0. The van der Waals surface area contributed by atoms with Crippen LogP contribution in [0, 0.1) is 0 Å². The van der Waals surface area contributed by atoms with Crippen molar-refractivity contribution in [2.45, 2.75) is 12.5 Å². The Balaban J connectivity index is 1.72. The summed E-state index contributed by atoms with van der Waals surface area (Å²) in [5, 5.41) is 13.9. The second-order valence-corrected chi connectivity index (χ2v) is 4.81. The van der Waals surface area contributed by atoms with Crippen molar-refractivity contribution in [1.82, 2.24) is 10.3 Å². The molecular formula is C15H17ClN2O. The third-order valence-corrected chi connectivity index (χ3v) is 3.18. The smallest absolute Gasteiger partial charge is 0.0914 e. The van der Waals surface area contributed by atoms with E-state index in [1.807, 2.05) is 24.3 Å². The minimum Gasteiger partial charge on any atom is -0.387 e. The van der Waals surface area contributed by atoms with Crippen LogP contribution in [0.3, 0.4) is 0 Å². The first-order chi connectivity index (χ1) is 9.25. The molecule has 100 valence electrons. The van der Waals surface area contributed by atoms with Gasteiger partial charge >= 0.3 is 0 Å². The maximum atomic E-state index is 9.99. The van der Waals surface area contributed by atoms with E-state index in [1.54, 1.807) is 24.5 Å². The van der Waals surface area contributed by atoms with Gasteiger partial charge in [0.05, 0.1) is 6.10 Å². The van der Waals surface area contributed by atoms with Gasteiger partial charge in [0.15, 0.2) is 0 Å². The van der Waals surface area contributed by atoms with E-state index in [-0.39, 0.29) is 0 Å². The number of aliphatic hydroxyl groups excluding tert-OH is 1. The third kappa shape index (κ3) is 4.63. The molecule has 1 unspecified atom stereocenters. The van der Waals surface area contributed by atoms with Crippen molar-refractivity contribution in [3.05, 3.63) is 64.9 Å². The van der Waals surface area contributed by atoms with E-state index >= 15 is 0 Å². The number of hydrogen-bond acceptors (Lipinski definition) is 3. The van der Waals surface area contributed by atoms with Gasteiger partial charge < -0.3 is 10.4 Å². The van der Waals surface area contributed by atoms with Crippen LogP contribution in [-0.2, 0) is 6.42 Å². The average molecular weight is 277 g/mol. The van der Waals surface area contributed by atoms with Crippen molar-refractivity contribution in [1.29, 1.82) is 0 Å². The minimum atomic E-state index is -0.505. The highest BCUT2D eigenvalue weighted by Gasteiger charge is 2.06. The second-order valence-electron chi connectivity index (χ2n) is 4.38. The lowest BCUT2D eigenvalue weighted by atomic mass is 10.1. The molecule has 2 aromatic rings. The van der Waals surface area contributed by atoms with Gasteiger partial charge in [0, 0.05) is 24.0 Å². The highest BCUT2D eigenvalue weighted by Crippen LogP contribution is 2.15. The van der Waals surface area contributed by atoms with Crippen molar-refractivity contribution >= 4 is 11.6 Å². The zero-order chi connectivity index (χ0) is 13.5. The molecule has 1 aromatic heterocycles. The lowest BCUT2D eigenvalue weighted by Gasteiger charge is -2.12. The van der Waals surface area contributed by atoms with Gasteiger partial charge in [-0.25, -0.2) is 0 Å². The van der Waals surface area contributed by atoms with Crippen molar-refractivity contribution < 1.29 is 5.11 Å². The Hall–Kier alpha value is -1.42. The van der Waals surface area contributed by atoms with E-state index in [9.17, 15) is 5.11 Å². The predicted octanol–water partition coefficient (Wildman–Crippen LogP) is 2.60. The summed E-state index contributed by atoms with van der Waals surface area (Å²) in [6.07, 6.45) is 4.00. The molecule has 1 aromatic carbocycles. The summed E-state index contributed by atoms with van der Waals surface area (Å²) in [6.45, 7) is 1.36. The molecule has 0 amide bonds. The zero-order valence-corrected chi connectivity index (χ0v) is 11.3. The SMILES string of the molecule is OC(CNCCc1ccncc1)c1ccc(Cl)cc1. The fourth-order valence-electron chi connectivity index (χ4n) is 1.82. The number of nitrogens with zero attached hydrogens (tertiary/aromatic N) is 1. The van der Waals surface area contributed by atoms with Gasteiger partial charge in [-0.05, 0) is 48.4 Å². The van der Waals surface area contributed by atoms with Crippen LogP contribution in [-0.4, -0.2) is 23.2 Å². The summed E-state index contributed by atoms with van der Waals surface area (Å²) >= 11 is 5.81. The number of aromatic nitrogens is 1. The Morgan fingerprint density at radius 1 is 1.11 bits per heavy atom. The lowest BCUT2D eigenvalue weighted by Crippen LogP contribution is -2.23. The van der Waals surface area contributed by atoms with Crippen LogP contribution in [0.5, 0.6) is 0 Å². The standard InChI is InChI=1S/C15H17ClN2O/c16-14-3-1-13(2-4-14)15(19)11-18-10-7-12-5-8-17-9-6-12/h1-6,8-9,15,18-19H,7,10-11H2. The highest BCUT2D eigenvalue weighted by atomic mass is 35.5. The summed E-state index contributed by atoms with van der Waals surface area (Å²) in [5.41, 5.74) is 2.12. The van der Waals surface area contributed by atoms with Crippen LogP contribution in [0.1, 0.15) is 17.2 Å². The molecule has 2 rings (SSSR count). The predicted molar refractivity (Wildman–Crippen MR) is 77.2 cm³/mol. The van der Waals surface area contributed by atoms with Gasteiger partial charge in [-0.2, -0.15) is 0 Å². The number of aliphatic hydroxyl groups is 1. The second kappa shape index (κ2) is 7.24. The van der Waals surface area contributed by atoms with Gasteiger partial charge in [-0.1, -0.05) is 23.7 Å². The summed E-state index contributed by atoms with van der Waals surface area (Å²) < 4.78 is 0. The van der Waals surface area contributed by atoms with E-state index < -0.39 is 6.10 Å². The van der Waals surface area contributed by atoms with Crippen molar-refractivity contribution in [3.8, 4) is 0 Å². The van der Waals surface area contributed by atoms with E-state index in [2.05, 4.69) is 10.3 Å². The molecule has 0 radical (unpaired) electrons. The number of rotatable bonds is 6. The summed E-state index contributed by atoms with van der Waals surface area (Å²) in [6, 6.07) is 11.3. The maximum absolute atomic E-state index is 9.99. The molecule has 0 aliphatic carbocycles. The Morgan fingerprint density at radius 3 is 2.47 bits per heavy atom. The molecule has 0 saturated heterocycles. The molecule has 1 atom stereocenters. The summed E-state index contributed by atoms with van der Waals surface area (Å²) in [7, 11) is 0. The third-order valence-electron chi connectivity index (χ3n) is 2.93. The highest BCUT2D eigenvalue weighted by molar-refractivity contribution is 6.30. The molecule has 3 nitrogen and oxygen atoms in total. The number of hydrogen-bond donors (Lipinski definition) is 2. The van der Waals surface area contributed by atoms with Crippen LogP contribution in [0.4, 0.5) is 0 Å². The molecule has 0 aliphatic rings. The fraction of sp³-hybridized carbons (Fsp3) is 0.267. The Bertz CT molecular complexity index is 487. The lowest BCUT2D eigenvalue weighted by molar-refractivity contribution is 0.175. The van der Waals surface area contributed by atoms with Gasteiger partial charge in [0.1, 0.15) is 0 Å². The van der Waals surface area contributed by atoms with E-state index in [0.717, 1.165) is 18.5 Å². The number of nitrogens with one attached hydrogen (secondary N) is 1. The normalized spacial score (nSPS) is 12.3. The Morgan fingerprint density at radius 2 is 1.79 bits per heavy atom. The number of pyridine rings is 1. The molecule has 0 saturated carbocycles.